The molecule has 1 unspecified atom stereocenters. The minimum atomic E-state index is -0.337. The van der Waals surface area contributed by atoms with Crippen molar-refractivity contribution in [3.05, 3.63) is 12.2 Å². The highest BCUT2D eigenvalue weighted by Crippen LogP contribution is 2.09. The number of rotatable bonds is 3. The van der Waals surface area contributed by atoms with Crippen molar-refractivity contribution in [2.45, 2.75) is 13.0 Å². The molecule has 0 saturated carbocycles. The van der Waals surface area contributed by atoms with Crippen LogP contribution in [0.5, 0.6) is 0 Å². The maximum atomic E-state index is 10.7. The van der Waals surface area contributed by atoms with Gasteiger partial charge in [0.15, 0.2) is 0 Å². The maximum Gasteiger partial charge on any atom is 0.333 e. The van der Waals surface area contributed by atoms with Crippen molar-refractivity contribution in [1.29, 1.82) is 0 Å². The molecule has 0 bridgehead atoms. The maximum absolute atomic E-state index is 10.7. The molecule has 4 heteroatoms. The van der Waals surface area contributed by atoms with E-state index in [9.17, 15) is 4.79 Å². The lowest BCUT2D eigenvalue weighted by molar-refractivity contribution is -0.139. The fourth-order valence-corrected chi connectivity index (χ4v) is 0.456. The van der Waals surface area contributed by atoms with Crippen LogP contribution in [0.1, 0.15) is 6.92 Å². The van der Waals surface area contributed by atoms with Crippen molar-refractivity contribution < 1.29 is 14.3 Å². The van der Waals surface area contributed by atoms with Crippen LogP contribution in [0.15, 0.2) is 12.2 Å². The fraction of sp³-hybridized carbons (Fsp3) is 0.571. The molecule has 1 atom stereocenters. The van der Waals surface area contributed by atoms with Gasteiger partial charge in [0.1, 0.15) is 12.7 Å². The van der Waals surface area contributed by atoms with Gasteiger partial charge in [0.2, 0.25) is 0 Å². The first-order valence-electron chi connectivity index (χ1n) is 3.14. The monoisotopic (exact) mass is 178 g/mol. The quantitative estimate of drug-likeness (QED) is 0.367. The first-order chi connectivity index (χ1) is 4.70. The molecular weight excluding hydrogens is 168 g/mol. The Kier molecular flexibility index (Phi) is 4.15. The molecule has 1 heterocycles. The number of carbonyl (C=O) groups is 1. The molecular formula is C7H11ClO3. The van der Waals surface area contributed by atoms with Gasteiger partial charge < -0.3 is 9.47 Å². The van der Waals surface area contributed by atoms with E-state index in [0.717, 1.165) is 0 Å². The Balaban J connectivity index is 0.000001000. The van der Waals surface area contributed by atoms with Crippen molar-refractivity contribution in [2.75, 3.05) is 13.2 Å². The van der Waals surface area contributed by atoms with Gasteiger partial charge in [-0.15, -0.1) is 12.4 Å². The van der Waals surface area contributed by atoms with Crippen LogP contribution in [-0.2, 0) is 14.3 Å². The minimum absolute atomic E-state index is 0. The number of ether oxygens (including phenoxy) is 2. The molecule has 0 radical (unpaired) electrons. The predicted molar refractivity (Wildman–Crippen MR) is 42.8 cm³/mol. The van der Waals surface area contributed by atoms with E-state index in [2.05, 4.69) is 6.58 Å². The standard InChI is InChI=1S/C7H10O3.ClH/c1-5(2)7(8)10-4-6-3-9-6;/h6H,1,3-4H2,2H3;1H. The van der Waals surface area contributed by atoms with Gasteiger partial charge in [-0.1, -0.05) is 6.58 Å². The van der Waals surface area contributed by atoms with E-state index in [1.54, 1.807) is 6.92 Å². The summed E-state index contributed by atoms with van der Waals surface area (Å²) in [5, 5.41) is 0. The Hall–Kier alpha value is -0.540. The summed E-state index contributed by atoms with van der Waals surface area (Å²) in [6.45, 7) is 6.14. The van der Waals surface area contributed by atoms with Crippen molar-refractivity contribution in [2.24, 2.45) is 0 Å². The Bertz CT molecular complexity index is 163. The van der Waals surface area contributed by atoms with Gasteiger partial charge in [0.05, 0.1) is 6.61 Å². The van der Waals surface area contributed by atoms with Crippen LogP contribution in [0.2, 0.25) is 0 Å². The number of carbonyl (C=O) groups excluding carboxylic acids is 1. The minimum Gasteiger partial charge on any atom is -0.459 e. The van der Waals surface area contributed by atoms with E-state index >= 15 is 0 Å². The van der Waals surface area contributed by atoms with Gasteiger partial charge in [-0.2, -0.15) is 0 Å². The van der Waals surface area contributed by atoms with Crippen molar-refractivity contribution >= 4 is 18.4 Å². The molecule has 0 aromatic carbocycles. The number of epoxide rings is 1. The summed E-state index contributed by atoms with van der Waals surface area (Å²) in [6.07, 6.45) is 0.142. The molecule has 0 aromatic heterocycles. The Morgan fingerprint density at radius 3 is 2.73 bits per heavy atom. The molecule has 1 saturated heterocycles. The first-order valence-corrected chi connectivity index (χ1v) is 3.14. The van der Waals surface area contributed by atoms with Crippen LogP contribution in [0.3, 0.4) is 0 Å². The zero-order chi connectivity index (χ0) is 7.56. The molecule has 1 rings (SSSR count). The van der Waals surface area contributed by atoms with Crippen LogP contribution in [0, 0.1) is 0 Å². The summed E-state index contributed by atoms with van der Waals surface area (Å²) in [4.78, 5) is 10.7. The molecule has 3 nitrogen and oxygen atoms in total. The third-order valence-corrected chi connectivity index (χ3v) is 1.15. The van der Waals surface area contributed by atoms with Crippen molar-refractivity contribution in [3.63, 3.8) is 0 Å². The summed E-state index contributed by atoms with van der Waals surface area (Å²) in [7, 11) is 0. The average Bonchev–Trinajstić information content (AvgIpc) is 2.64. The number of hydrogen-bond acceptors (Lipinski definition) is 3. The largest absolute Gasteiger partial charge is 0.459 e. The van der Waals surface area contributed by atoms with Crippen LogP contribution in [-0.4, -0.2) is 25.3 Å². The molecule has 0 spiro atoms. The lowest BCUT2D eigenvalue weighted by Gasteiger charge is -1.99. The second-order valence-electron chi connectivity index (χ2n) is 2.33. The van der Waals surface area contributed by atoms with E-state index in [1.165, 1.54) is 0 Å². The summed E-state index contributed by atoms with van der Waals surface area (Å²) < 4.78 is 9.60. The number of hydrogen-bond donors (Lipinski definition) is 0. The smallest absolute Gasteiger partial charge is 0.333 e. The first kappa shape index (κ1) is 10.5. The van der Waals surface area contributed by atoms with Gasteiger partial charge in [0, 0.05) is 5.57 Å². The molecule has 0 aliphatic carbocycles. The lowest BCUT2D eigenvalue weighted by Crippen LogP contribution is -2.09. The zero-order valence-electron chi connectivity index (χ0n) is 6.33. The van der Waals surface area contributed by atoms with E-state index < -0.39 is 0 Å². The highest BCUT2D eigenvalue weighted by Gasteiger charge is 2.24. The van der Waals surface area contributed by atoms with Crippen LogP contribution < -0.4 is 0 Å². The van der Waals surface area contributed by atoms with Gasteiger partial charge in [-0.05, 0) is 6.92 Å². The third-order valence-electron chi connectivity index (χ3n) is 1.15. The van der Waals surface area contributed by atoms with Gasteiger partial charge in [0.25, 0.3) is 0 Å². The molecule has 1 aliphatic heterocycles. The van der Waals surface area contributed by atoms with Crippen molar-refractivity contribution in [1.82, 2.24) is 0 Å². The molecule has 0 N–H and O–H groups in total. The predicted octanol–water partition coefficient (Wildman–Crippen LogP) is 0.926. The Labute approximate surface area is 71.8 Å². The van der Waals surface area contributed by atoms with E-state index in [4.69, 9.17) is 9.47 Å². The van der Waals surface area contributed by atoms with Gasteiger partial charge >= 0.3 is 5.97 Å². The Morgan fingerprint density at radius 1 is 1.82 bits per heavy atom. The SMILES string of the molecule is C=C(C)C(=O)OCC1CO1.Cl. The molecule has 1 aliphatic rings. The van der Waals surface area contributed by atoms with E-state index in [-0.39, 0.29) is 24.5 Å². The fourth-order valence-electron chi connectivity index (χ4n) is 0.456. The normalized spacial score (nSPS) is 19.9. The second-order valence-corrected chi connectivity index (χ2v) is 2.33. The molecule has 0 amide bonds. The van der Waals surface area contributed by atoms with Crippen LogP contribution in [0.25, 0.3) is 0 Å². The number of halogens is 1. The topological polar surface area (TPSA) is 38.8 Å². The van der Waals surface area contributed by atoms with Crippen LogP contribution in [0.4, 0.5) is 0 Å². The Morgan fingerprint density at radius 2 is 2.36 bits per heavy atom. The number of esters is 1. The second kappa shape index (κ2) is 4.36. The molecule has 11 heavy (non-hydrogen) atoms. The van der Waals surface area contributed by atoms with E-state index in [1.807, 2.05) is 0 Å². The molecule has 0 aromatic rings. The summed E-state index contributed by atoms with van der Waals surface area (Å²) in [6, 6.07) is 0. The lowest BCUT2D eigenvalue weighted by atomic mass is 10.4. The average molecular weight is 179 g/mol. The molecule has 64 valence electrons. The summed E-state index contributed by atoms with van der Waals surface area (Å²) in [5.74, 6) is -0.337. The zero-order valence-corrected chi connectivity index (χ0v) is 7.15. The highest BCUT2D eigenvalue weighted by molar-refractivity contribution is 5.86. The summed E-state index contributed by atoms with van der Waals surface area (Å²) in [5.41, 5.74) is 0.431. The van der Waals surface area contributed by atoms with Gasteiger partial charge in [-0.25, -0.2) is 4.79 Å². The van der Waals surface area contributed by atoms with E-state index in [0.29, 0.717) is 18.8 Å². The third kappa shape index (κ3) is 4.01. The highest BCUT2D eigenvalue weighted by atomic mass is 35.5. The van der Waals surface area contributed by atoms with Crippen LogP contribution >= 0.6 is 12.4 Å². The van der Waals surface area contributed by atoms with Gasteiger partial charge in [-0.3, -0.25) is 0 Å². The summed E-state index contributed by atoms with van der Waals surface area (Å²) >= 11 is 0. The molecule has 1 fully saturated rings. The van der Waals surface area contributed by atoms with Crippen molar-refractivity contribution in [3.8, 4) is 0 Å².